The molecule has 1 saturated carbocycles. The van der Waals surface area contributed by atoms with E-state index in [1.54, 1.807) is 11.9 Å². The average molecular weight is 304 g/mol. The molecule has 5 nitrogen and oxygen atoms in total. The molecule has 3 unspecified atom stereocenters. The first-order valence-corrected chi connectivity index (χ1v) is 8.59. The normalized spacial score (nSPS) is 24.4. The molecule has 0 aromatic rings. The fourth-order valence-electron chi connectivity index (χ4n) is 2.36. The van der Waals surface area contributed by atoms with Crippen LogP contribution in [0, 0.1) is 5.92 Å². The molecule has 118 valence electrons. The van der Waals surface area contributed by atoms with E-state index in [0.717, 1.165) is 19.3 Å². The topological polar surface area (TPSA) is 69.6 Å². The van der Waals surface area contributed by atoms with Crippen molar-refractivity contribution in [2.45, 2.75) is 50.9 Å². The summed E-state index contributed by atoms with van der Waals surface area (Å²) in [6.45, 7) is 6.78. The molecule has 0 aromatic heterocycles. The number of nitrogens with one attached hydrogen (secondary N) is 1. The molecule has 0 radical (unpaired) electrons. The largest absolute Gasteiger partial charge is 0.393 e. The van der Waals surface area contributed by atoms with E-state index in [4.69, 9.17) is 0 Å². The number of aliphatic hydroxyl groups excluding tert-OH is 1. The lowest BCUT2D eigenvalue weighted by atomic mass is 10.1. The van der Waals surface area contributed by atoms with Gasteiger partial charge in [-0.25, -0.2) is 4.79 Å². The Bertz CT molecular complexity index is 355. The second-order valence-corrected chi connectivity index (χ2v) is 8.86. The van der Waals surface area contributed by atoms with Crippen LogP contribution in [0.15, 0.2) is 0 Å². The minimum absolute atomic E-state index is 0.157. The number of rotatable bonds is 5. The Morgan fingerprint density at radius 2 is 2.05 bits per heavy atom. The summed E-state index contributed by atoms with van der Waals surface area (Å²) in [5.74, 6) is 0.657. The minimum atomic E-state index is -0.950. The van der Waals surface area contributed by atoms with E-state index in [2.05, 4.69) is 5.32 Å². The fraction of sp³-hybridized carbons (Fsp3) is 0.929. The van der Waals surface area contributed by atoms with Crippen LogP contribution in [0.2, 0.25) is 0 Å². The van der Waals surface area contributed by atoms with Crippen LogP contribution in [-0.4, -0.2) is 57.0 Å². The molecule has 1 fully saturated rings. The van der Waals surface area contributed by atoms with Gasteiger partial charge in [0.05, 0.1) is 6.10 Å². The standard InChI is InChI=1S/C14H28N2O3S/c1-14(2,3)20(19)9-8-15-13(18)16(4)10-11-6-5-7-12(11)17/h11-12,17H,5-10H2,1-4H3,(H,15,18). The molecule has 0 aromatic carbocycles. The summed E-state index contributed by atoms with van der Waals surface area (Å²) < 4.78 is 11.6. The first-order chi connectivity index (χ1) is 9.21. The molecule has 0 heterocycles. The number of hydrogen-bond acceptors (Lipinski definition) is 3. The number of aliphatic hydroxyl groups is 1. The number of carbonyl (C=O) groups is 1. The van der Waals surface area contributed by atoms with Gasteiger partial charge >= 0.3 is 6.03 Å². The van der Waals surface area contributed by atoms with Crippen molar-refractivity contribution in [1.29, 1.82) is 0 Å². The zero-order chi connectivity index (χ0) is 15.3. The van der Waals surface area contributed by atoms with Crippen LogP contribution < -0.4 is 5.32 Å². The van der Waals surface area contributed by atoms with Gasteiger partial charge in [0, 0.05) is 47.4 Å². The number of urea groups is 1. The van der Waals surface area contributed by atoms with Crippen LogP contribution >= 0.6 is 0 Å². The van der Waals surface area contributed by atoms with E-state index in [0.29, 0.717) is 18.8 Å². The van der Waals surface area contributed by atoms with E-state index in [1.165, 1.54) is 0 Å². The van der Waals surface area contributed by atoms with E-state index in [-0.39, 0.29) is 22.8 Å². The summed E-state index contributed by atoms with van der Waals surface area (Å²) >= 11 is 0. The lowest BCUT2D eigenvalue weighted by molar-refractivity contribution is 0.114. The Morgan fingerprint density at radius 1 is 1.40 bits per heavy atom. The van der Waals surface area contributed by atoms with Crippen molar-refractivity contribution in [2.24, 2.45) is 5.92 Å². The molecule has 0 spiro atoms. The van der Waals surface area contributed by atoms with Gasteiger partial charge in [-0.1, -0.05) is 6.42 Å². The van der Waals surface area contributed by atoms with Crippen LogP contribution in [0.25, 0.3) is 0 Å². The van der Waals surface area contributed by atoms with Crippen molar-refractivity contribution < 1.29 is 14.1 Å². The number of amides is 2. The number of hydrogen-bond donors (Lipinski definition) is 2. The van der Waals surface area contributed by atoms with Crippen molar-refractivity contribution in [3.8, 4) is 0 Å². The molecule has 2 amide bonds. The Kier molecular flexibility index (Phi) is 6.45. The Labute approximate surface area is 124 Å². The molecule has 0 saturated heterocycles. The van der Waals surface area contributed by atoms with Crippen molar-refractivity contribution in [3.05, 3.63) is 0 Å². The summed E-state index contributed by atoms with van der Waals surface area (Å²) in [7, 11) is 0.787. The number of nitrogens with zero attached hydrogens (tertiary/aromatic N) is 1. The van der Waals surface area contributed by atoms with Crippen LogP contribution in [0.1, 0.15) is 40.0 Å². The lowest BCUT2D eigenvalue weighted by Gasteiger charge is -2.24. The highest BCUT2D eigenvalue weighted by Gasteiger charge is 2.27. The smallest absolute Gasteiger partial charge is 0.317 e. The van der Waals surface area contributed by atoms with Crippen LogP contribution in [0.4, 0.5) is 4.79 Å². The molecule has 1 aliphatic rings. The highest BCUT2D eigenvalue weighted by molar-refractivity contribution is 7.86. The van der Waals surface area contributed by atoms with Crippen LogP contribution in [0.5, 0.6) is 0 Å². The van der Waals surface area contributed by atoms with Crippen LogP contribution in [0.3, 0.4) is 0 Å². The second kappa shape index (κ2) is 7.41. The van der Waals surface area contributed by atoms with Gasteiger partial charge < -0.3 is 15.3 Å². The van der Waals surface area contributed by atoms with Gasteiger partial charge in [0.25, 0.3) is 0 Å². The fourth-order valence-corrected chi connectivity index (χ4v) is 3.26. The first kappa shape index (κ1) is 17.4. The molecule has 20 heavy (non-hydrogen) atoms. The quantitative estimate of drug-likeness (QED) is 0.805. The van der Waals surface area contributed by atoms with Crippen molar-refractivity contribution in [1.82, 2.24) is 10.2 Å². The number of carbonyl (C=O) groups excluding carboxylic acids is 1. The van der Waals surface area contributed by atoms with Gasteiger partial charge in [-0.05, 0) is 33.6 Å². The van der Waals surface area contributed by atoms with E-state index < -0.39 is 10.8 Å². The van der Waals surface area contributed by atoms with Gasteiger partial charge in [-0.15, -0.1) is 0 Å². The first-order valence-electron chi connectivity index (χ1n) is 7.27. The van der Waals surface area contributed by atoms with Crippen molar-refractivity contribution >= 4 is 16.8 Å². The predicted molar refractivity (Wildman–Crippen MR) is 82.1 cm³/mol. The third-order valence-electron chi connectivity index (χ3n) is 3.72. The van der Waals surface area contributed by atoms with Gasteiger partial charge in [-0.3, -0.25) is 4.21 Å². The summed E-state index contributed by atoms with van der Waals surface area (Å²) in [6.07, 6.45) is 2.57. The predicted octanol–water partition coefficient (Wildman–Crippen LogP) is 1.34. The molecule has 0 bridgehead atoms. The van der Waals surface area contributed by atoms with Crippen molar-refractivity contribution in [3.63, 3.8) is 0 Å². The molecule has 6 heteroatoms. The second-order valence-electron chi connectivity index (χ2n) is 6.53. The van der Waals surface area contributed by atoms with Gasteiger partial charge in [0.15, 0.2) is 0 Å². The van der Waals surface area contributed by atoms with Crippen molar-refractivity contribution in [2.75, 3.05) is 25.9 Å². The Hall–Kier alpha value is -0.620. The Balaban J connectivity index is 2.26. The molecule has 0 aliphatic heterocycles. The SMILES string of the molecule is CN(CC1CCCC1O)C(=O)NCCS(=O)C(C)(C)C. The van der Waals surface area contributed by atoms with Crippen LogP contribution in [-0.2, 0) is 10.8 Å². The zero-order valence-corrected chi connectivity index (χ0v) is 13.8. The molecule has 1 rings (SSSR count). The monoisotopic (exact) mass is 304 g/mol. The maximum atomic E-state index is 11.9. The summed E-state index contributed by atoms with van der Waals surface area (Å²) in [5.41, 5.74) is 0. The highest BCUT2D eigenvalue weighted by atomic mass is 32.2. The highest BCUT2D eigenvalue weighted by Crippen LogP contribution is 2.25. The molecule has 2 N–H and O–H groups in total. The maximum absolute atomic E-state index is 11.9. The van der Waals surface area contributed by atoms with E-state index in [1.807, 2.05) is 20.8 Å². The minimum Gasteiger partial charge on any atom is -0.393 e. The summed E-state index contributed by atoms with van der Waals surface area (Å²) in [5, 5.41) is 12.5. The van der Waals surface area contributed by atoms with Gasteiger partial charge in [-0.2, -0.15) is 0 Å². The summed E-state index contributed by atoms with van der Waals surface area (Å²) in [4.78, 5) is 13.5. The molecule has 3 atom stereocenters. The average Bonchev–Trinajstić information content (AvgIpc) is 2.73. The lowest BCUT2D eigenvalue weighted by Crippen LogP contribution is -2.43. The Morgan fingerprint density at radius 3 is 2.55 bits per heavy atom. The molecular weight excluding hydrogens is 276 g/mol. The molecule has 1 aliphatic carbocycles. The third-order valence-corrected chi connectivity index (χ3v) is 5.66. The van der Waals surface area contributed by atoms with Gasteiger partial charge in [0.2, 0.25) is 0 Å². The summed E-state index contributed by atoms with van der Waals surface area (Å²) in [6, 6.07) is -0.157. The maximum Gasteiger partial charge on any atom is 0.317 e. The molecular formula is C14H28N2O3S. The van der Waals surface area contributed by atoms with Gasteiger partial charge in [0.1, 0.15) is 0 Å². The van der Waals surface area contributed by atoms with E-state index >= 15 is 0 Å². The van der Waals surface area contributed by atoms with E-state index in [9.17, 15) is 14.1 Å². The zero-order valence-electron chi connectivity index (χ0n) is 13.0. The third kappa shape index (κ3) is 5.40.